The van der Waals surface area contributed by atoms with E-state index in [0.29, 0.717) is 24.1 Å². The Hall–Kier alpha value is -3.15. The molecule has 1 aromatic heterocycles. The molecule has 3 rings (SSSR count). The van der Waals surface area contributed by atoms with Crippen molar-refractivity contribution in [3.63, 3.8) is 0 Å². The first-order valence-electron chi connectivity index (χ1n) is 8.60. The zero-order valence-electron chi connectivity index (χ0n) is 14.9. The van der Waals surface area contributed by atoms with Crippen LogP contribution in [0.5, 0.6) is 0 Å². The molecule has 0 radical (unpaired) electrons. The number of hydrogen-bond acceptors (Lipinski definition) is 4. The Balaban J connectivity index is 1.48. The van der Waals surface area contributed by atoms with Crippen LogP contribution in [0.3, 0.4) is 0 Å². The molecule has 0 unspecified atom stereocenters. The van der Waals surface area contributed by atoms with Crippen molar-refractivity contribution in [3.8, 4) is 0 Å². The minimum Gasteiger partial charge on any atom is -0.337 e. The fourth-order valence-electron chi connectivity index (χ4n) is 2.49. The van der Waals surface area contributed by atoms with Gasteiger partial charge in [-0.1, -0.05) is 61.5 Å². The van der Waals surface area contributed by atoms with Gasteiger partial charge in [0.2, 0.25) is 5.89 Å². The first-order chi connectivity index (χ1) is 12.6. The number of nitrogens with zero attached hydrogens (tertiary/aromatic N) is 2. The number of rotatable bonds is 6. The summed E-state index contributed by atoms with van der Waals surface area (Å²) in [5, 5.41) is 9.44. The Morgan fingerprint density at radius 2 is 1.81 bits per heavy atom. The van der Waals surface area contributed by atoms with Crippen LogP contribution >= 0.6 is 0 Å². The zero-order chi connectivity index (χ0) is 18.4. The minimum absolute atomic E-state index is 0.178. The first kappa shape index (κ1) is 17.7. The fraction of sp³-hybridized carbons (Fsp3) is 0.250. The monoisotopic (exact) mass is 350 g/mol. The van der Waals surface area contributed by atoms with Gasteiger partial charge in [0.15, 0.2) is 5.82 Å². The standard InChI is InChI=1S/C20H22N4O2/c1-14(2)16-8-10-17(11-9-16)22-20(25)21-13-19-23-18(24-26-19)12-15-6-4-3-5-7-15/h3-11,14H,12-13H2,1-2H3,(H2,21,22,25). The molecule has 2 amide bonds. The van der Waals surface area contributed by atoms with Crippen LogP contribution in [0.15, 0.2) is 59.1 Å². The van der Waals surface area contributed by atoms with Gasteiger partial charge in [-0.25, -0.2) is 4.79 Å². The van der Waals surface area contributed by atoms with E-state index in [9.17, 15) is 4.79 Å². The van der Waals surface area contributed by atoms with Gasteiger partial charge in [0.05, 0.1) is 6.54 Å². The third-order valence-electron chi connectivity index (χ3n) is 3.95. The molecule has 3 aromatic rings. The Bertz CT molecular complexity index is 842. The number of carbonyl (C=O) groups is 1. The molecule has 0 fully saturated rings. The summed E-state index contributed by atoms with van der Waals surface area (Å²) in [4.78, 5) is 16.3. The Kier molecular flexibility index (Phi) is 5.63. The molecule has 134 valence electrons. The van der Waals surface area contributed by atoms with Gasteiger partial charge in [-0.15, -0.1) is 0 Å². The molecule has 6 heteroatoms. The number of nitrogens with one attached hydrogen (secondary N) is 2. The van der Waals surface area contributed by atoms with Crippen molar-refractivity contribution in [2.75, 3.05) is 5.32 Å². The molecule has 1 heterocycles. The summed E-state index contributed by atoms with van der Waals surface area (Å²) in [6.45, 7) is 4.44. The summed E-state index contributed by atoms with van der Waals surface area (Å²) in [5.74, 6) is 1.43. The quantitative estimate of drug-likeness (QED) is 0.701. The maximum absolute atomic E-state index is 12.0. The van der Waals surface area contributed by atoms with Gasteiger partial charge in [0.25, 0.3) is 0 Å². The number of benzene rings is 2. The number of carbonyl (C=O) groups excluding carboxylic acids is 1. The largest absolute Gasteiger partial charge is 0.337 e. The van der Waals surface area contributed by atoms with Gasteiger partial charge in [-0.3, -0.25) is 0 Å². The average Bonchev–Trinajstić information content (AvgIpc) is 3.09. The third kappa shape index (κ3) is 4.92. The number of anilines is 1. The van der Waals surface area contributed by atoms with Crippen LogP contribution in [0.2, 0.25) is 0 Å². The Morgan fingerprint density at radius 1 is 1.08 bits per heavy atom. The van der Waals surface area contributed by atoms with E-state index in [-0.39, 0.29) is 12.6 Å². The molecule has 0 saturated heterocycles. The van der Waals surface area contributed by atoms with Crippen molar-refractivity contribution in [1.29, 1.82) is 0 Å². The lowest BCUT2D eigenvalue weighted by atomic mass is 10.0. The molecule has 0 atom stereocenters. The van der Waals surface area contributed by atoms with Gasteiger partial charge in [-0.2, -0.15) is 4.98 Å². The smallest absolute Gasteiger partial charge is 0.319 e. The maximum atomic E-state index is 12.0. The lowest BCUT2D eigenvalue weighted by Gasteiger charge is -2.08. The second kappa shape index (κ2) is 8.29. The average molecular weight is 350 g/mol. The van der Waals surface area contributed by atoms with Crippen molar-refractivity contribution >= 4 is 11.7 Å². The van der Waals surface area contributed by atoms with Crippen LogP contribution in [-0.2, 0) is 13.0 Å². The lowest BCUT2D eigenvalue weighted by Crippen LogP contribution is -2.28. The van der Waals surface area contributed by atoms with Crippen molar-refractivity contribution in [1.82, 2.24) is 15.5 Å². The van der Waals surface area contributed by atoms with E-state index >= 15 is 0 Å². The molecule has 0 aliphatic heterocycles. The molecule has 2 N–H and O–H groups in total. The predicted octanol–water partition coefficient (Wildman–Crippen LogP) is 4.11. The number of amides is 2. The summed E-state index contributed by atoms with van der Waals surface area (Å²) < 4.78 is 5.18. The number of hydrogen-bond donors (Lipinski definition) is 2. The molecule has 6 nitrogen and oxygen atoms in total. The SMILES string of the molecule is CC(C)c1ccc(NC(=O)NCc2nc(Cc3ccccc3)no2)cc1. The van der Waals surface area contributed by atoms with Crippen molar-refractivity contribution in [2.45, 2.75) is 32.7 Å². The summed E-state index contributed by atoms with van der Waals surface area (Å²) in [6.07, 6.45) is 0.596. The third-order valence-corrected chi connectivity index (χ3v) is 3.95. The number of aromatic nitrogens is 2. The molecular formula is C20H22N4O2. The van der Waals surface area contributed by atoms with E-state index < -0.39 is 0 Å². The summed E-state index contributed by atoms with van der Waals surface area (Å²) >= 11 is 0. The normalized spacial score (nSPS) is 10.7. The molecule has 0 aliphatic carbocycles. The highest BCUT2D eigenvalue weighted by molar-refractivity contribution is 5.89. The second-order valence-corrected chi connectivity index (χ2v) is 6.35. The topological polar surface area (TPSA) is 80.0 Å². The van der Waals surface area contributed by atoms with Gasteiger partial charge in [0, 0.05) is 12.1 Å². The predicted molar refractivity (Wildman–Crippen MR) is 99.9 cm³/mol. The van der Waals surface area contributed by atoms with Gasteiger partial charge >= 0.3 is 6.03 Å². The van der Waals surface area contributed by atoms with E-state index in [2.05, 4.69) is 34.6 Å². The molecule has 0 aliphatic rings. The van der Waals surface area contributed by atoms with Crippen LogP contribution in [-0.4, -0.2) is 16.2 Å². The second-order valence-electron chi connectivity index (χ2n) is 6.35. The van der Waals surface area contributed by atoms with Crippen LogP contribution in [0.4, 0.5) is 10.5 Å². The van der Waals surface area contributed by atoms with Crippen molar-refractivity contribution < 1.29 is 9.32 Å². The van der Waals surface area contributed by atoms with Crippen molar-refractivity contribution in [3.05, 3.63) is 77.4 Å². The molecule has 26 heavy (non-hydrogen) atoms. The summed E-state index contributed by atoms with van der Waals surface area (Å²) in [6, 6.07) is 17.4. The maximum Gasteiger partial charge on any atom is 0.319 e. The van der Waals surface area contributed by atoms with Crippen LogP contribution < -0.4 is 10.6 Å². The van der Waals surface area contributed by atoms with Gasteiger partial charge < -0.3 is 15.2 Å². The van der Waals surface area contributed by atoms with Gasteiger partial charge in [-0.05, 0) is 29.2 Å². The first-order valence-corrected chi connectivity index (χ1v) is 8.60. The lowest BCUT2D eigenvalue weighted by molar-refractivity contribution is 0.249. The summed E-state index contributed by atoms with van der Waals surface area (Å²) in [5.41, 5.74) is 3.07. The zero-order valence-corrected chi connectivity index (χ0v) is 14.9. The summed E-state index contributed by atoms with van der Waals surface area (Å²) in [7, 11) is 0. The van der Waals surface area contributed by atoms with E-state index in [1.165, 1.54) is 5.56 Å². The van der Waals surface area contributed by atoms with Crippen LogP contribution in [0.1, 0.15) is 42.6 Å². The van der Waals surface area contributed by atoms with Crippen molar-refractivity contribution in [2.24, 2.45) is 0 Å². The number of urea groups is 1. The highest BCUT2D eigenvalue weighted by Crippen LogP contribution is 2.17. The van der Waals surface area contributed by atoms with E-state index in [1.807, 2.05) is 54.6 Å². The molecule has 0 saturated carbocycles. The Labute approximate surface area is 152 Å². The fourth-order valence-corrected chi connectivity index (χ4v) is 2.49. The highest BCUT2D eigenvalue weighted by atomic mass is 16.5. The van der Waals surface area contributed by atoms with Crippen LogP contribution in [0, 0.1) is 0 Å². The molecule has 0 spiro atoms. The Morgan fingerprint density at radius 3 is 2.50 bits per heavy atom. The highest BCUT2D eigenvalue weighted by Gasteiger charge is 2.09. The van der Waals surface area contributed by atoms with E-state index in [0.717, 1.165) is 11.3 Å². The molecule has 0 bridgehead atoms. The minimum atomic E-state index is -0.315. The van der Waals surface area contributed by atoms with E-state index in [1.54, 1.807) is 0 Å². The van der Waals surface area contributed by atoms with E-state index in [4.69, 9.17) is 4.52 Å². The van der Waals surface area contributed by atoms with Crippen LogP contribution in [0.25, 0.3) is 0 Å². The van der Waals surface area contributed by atoms with Gasteiger partial charge in [0.1, 0.15) is 0 Å². The molecule has 2 aromatic carbocycles. The molecular weight excluding hydrogens is 328 g/mol.